The van der Waals surface area contributed by atoms with Crippen molar-refractivity contribution in [1.29, 1.82) is 0 Å². The zero-order valence-corrected chi connectivity index (χ0v) is 9.48. The molecule has 0 aliphatic carbocycles. The Morgan fingerprint density at radius 1 is 1.38 bits per heavy atom. The Balaban J connectivity index is 2.46. The number of primary amides is 1. The van der Waals surface area contributed by atoms with Gasteiger partial charge in [0.05, 0.1) is 12.5 Å². The van der Waals surface area contributed by atoms with E-state index in [0.717, 1.165) is 12.2 Å². The summed E-state index contributed by atoms with van der Waals surface area (Å²) in [5, 5.41) is 0. The van der Waals surface area contributed by atoms with Crippen LogP contribution in [0.1, 0.15) is 12.5 Å². The maximum absolute atomic E-state index is 10.8. The molecule has 4 nitrogen and oxygen atoms in total. The van der Waals surface area contributed by atoms with Gasteiger partial charge in [-0.2, -0.15) is 0 Å². The second kappa shape index (κ2) is 6.12. The van der Waals surface area contributed by atoms with Crippen LogP contribution in [0.25, 0.3) is 0 Å². The molecule has 0 saturated carbocycles. The molecular weight excluding hydrogens is 204 g/mol. The van der Waals surface area contributed by atoms with Gasteiger partial charge in [-0.05, 0) is 30.7 Å². The van der Waals surface area contributed by atoms with E-state index in [0.29, 0.717) is 13.2 Å². The molecule has 0 bridgehead atoms. The second-order valence-corrected chi connectivity index (χ2v) is 3.80. The molecule has 0 heterocycles. The first-order valence-corrected chi connectivity index (χ1v) is 5.34. The smallest absolute Gasteiger partial charge is 0.223 e. The van der Waals surface area contributed by atoms with Crippen molar-refractivity contribution in [3.63, 3.8) is 0 Å². The van der Waals surface area contributed by atoms with E-state index in [9.17, 15) is 4.79 Å². The van der Waals surface area contributed by atoms with Crippen LogP contribution in [0.5, 0.6) is 5.75 Å². The second-order valence-electron chi connectivity index (χ2n) is 3.80. The Kier molecular flexibility index (Phi) is 4.79. The third-order valence-electron chi connectivity index (χ3n) is 2.34. The number of benzene rings is 1. The number of nitrogens with two attached hydrogens (primary N) is 2. The van der Waals surface area contributed by atoms with E-state index in [1.165, 1.54) is 5.56 Å². The summed E-state index contributed by atoms with van der Waals surface area (Å²) in [6, 6.07) is 7.69. The number of carbonyl (C=O) groups is 1. The Bertz CT molecular complexity index is 335. The predicted octanol–water partition coefficient (Wildman–Crippen LogP) is 0.688. The van der Waals surface area contributed by atoms with Crippen LogP contribution in [0.3, 0.4) is 0 Å². The van der Waals surface area contributed by atoms with Gasteiger partial charge in [0.2, 0.25) is 5.91 Å². The Morgan fingerprint density at radius 2 is 2.00 bits per heavy atom. The largest absolute Gasteiger partial charge is 0.493 e. The Morgan fingerprint density at radius 3 is 2.50 bits per heavy atom. The summed E-state index contributed by atoms with van der Waals surface area (Å²) in [5.74, 6) is 0.123. The molecule has 4 heteroatoms. The lowest BCUT2D eigenvalue weighted by Crippen LogP contribution is -2.25. The van der Waals surface area contributed by atoms with Crippen LogP contribution in [0.2, 0.25) is 0 Å². The lowest BCUT2D eigenvalue weighted by atomic mass is 10.1. The first kappa shape index (κ1) is 12.5. The monoisotopic (exact) mass is 222 g/mol. The molecule has 0 spiro atoms. The van der Waals surface area contributed by atoms with Crippen molar-refractivity contribution in [2.24, 2.45) is 17.4 Å². The van der Waals surface area contributed by atoms with Gasteiger partial charge in [-0.1, -0.05) is 19.1 Å². The molecule has 16 heavy (non-hydrogen) atoms. The number of hydrogen-bond acceptors (Lipinski definition) is 3. The van der Waals surface area contributed by atoms with Crippen LogP contribution in [0.4, 0.5) is 0 Å². The number of amides is 1. The summed E-state index contributed by atoms with van der Waals surface area (Å²) in [6.07, 6.45) is 0.859. The van der Waals surface area contributed by atoms with Gasteiger partial charge < -0.3 is 16.2 Å². The van der Waals surface area contributed by atoms with Crippen molar-refractivity contribution in [3.8, 4) is 5.75 Å². The van der Waals surface area contributed by atoms with Gasteiger partial charge in [0.1, 0.15) is 5.75 Å². The third-order valence-corrected chi connectivity index (χ3v) is 2.34. The van der Waals surface area contributed by atoms with E-state index in [2.05, 4.69) is 0 Å². The molecular formula is C12H18N2O2. The molecule has 0 aliphatic heterocycles. The van der Waals surface area contributed by atoms with Crippen molar-refractivity contribution >= 4 is 5.91 Å². The minimum absolute atomic E-state index is 0.274. The molecule has 0 radical (unpaired) electrons. The van der Waals surface area contributed by atoms with E-state index in [4.69, 9.17) is 16.2 Å². The van der Waals surface area contributed by atoms with Crippen molar-refractivity contribution < 1.29 is 9.53 Å². The molecule has 1 aromatic carbocycles. The van der Waals surface area contributed by atoms with E-state index < -0.39 is 0 Å². The van der Waals surface area contributed by atoms with Gasteiger partial charge in [-0.3, -0.25) is 4.79 Å². The number of hydrogen-bond donors (Lipinski definition) is 2. The fourth-order valence-electron chi connectivity index (χ4n) is 1.22. The molecule has 1 rings (SSSR count). The van der Waals surface area contributed by atoms with E-state index >= 15 is 0 Å². The third kappa shape index (κ3) is 3.90. The molecule has 0 saturated heterocycles. The zero-order valence-electron chi connectivity index (χ0n) is 9.48. The standard InChI is InChI=1S/C12H18N2O2/c1-9(12(14)15)8-16-11-4-2-10(3-5-11)6-7-13/h2-5,9H,6-8,13H2,1H3,(H2,14,15). The lowest BCUT2D eigenvalue weighted by Gasteiger charge is -2.10. The van der Waals surface area contributed by atoms with E-state index in [1.807, 2.05) is 24.3 Å². The summed E-state index contributed by atoms with van der Waals surface area (Å²) >= 11 is 0. The summed E-state index contributed by atoms with van der Waals surface area (Å²) in [4.78, 5) is 10.8. The average Bonchev–Trinajstić information content (AvgIpc) is 2.28. The Labute approximate surface area is 95.6 Å². The molecule has 0 fully saturated rings. The zero-order chi connectivity index (χ0) is 12.0. The highest BCUT2D eigenvalue weighted by molar-refractivity contribution is 5.76. The first-order chi connectivity index (χ1) is 7.63. The number of carbonyl (C=O) groups excluding carboxylic acids is 1. The van der Waals surface area contributed by atoms with Crippen LogP contribution >= 0.6 is 0 Å². The SMILES string of the molecule is CC(COc1ccc(CCN)cc1)C(N)=O. The van der Waals surface area contributed by atoms with E-state index in [1.54, 1.807) is 6.92 Å². The number of ether oxygens (including phenoxy) is 1. The topological polar surface area (TPSA) is 78.3 Å². The minimum Gasteiger partial charge on any atom is -0.493 e. The summed E-state index contributed by atoms with van der Waals surface area (Å²) < 4.78 is 5.43. The van der Waals surface area contributed by atoms with Gasteiger partial charge in [-0.25, -0.2) is 0 Å². The summed E-state index contributed by atoms with van der Waals surface area (Å²) in [7, 11) is 0. The Hall–Kier alpha value is -1.55. The van der Waals surface area contributed by atoms with Crippen LogP contribution in [-0.2, 0) is 11.2 Å². The van der Waals surface area contributed by atoms with Gasteiger partial charge in [-0.15, -0.1) is 0 Å². The van der Waals surface area contributed by atoms with Crippen molar-refractivity contribution in [3.05, 3.63) is 29.8 Å². The molecule has 0 aliphatic rings. The van der Waals surface area contributed by atoms with Crippen LogP contribution in [0.15, 0.2) is 24.3 Å². The molecule has 1 aromatic rings. The maximum atomic E-state index is 10.8. The highest BCUT2D eigenvalue weighted by Gasteiger charge is 2.08. The molecule has 88 valence electrons. The highest BCUT2D eigenvalue weighted by atomic mass is 16.5. The van der Waals surface area contributed by atoms with Crippen LogP contribution in [0, 0.1) is 5.92 Å². The number of rotatable bonds is 6. The minimum atomic E-state index is -0.347. The van der Waals surface area contributed by atoms with Crippen molar-refractivity contribution in [1.82, 2.24) is 0 Å². The predicted molar refractivity (Wildman–Crippen MR) is 63.1 cm³/mol. The fraction of sp³-hybridized carbons (Fsp3) is 0.417. The van der Waals surface area contributed by atoms with Gasteiger partial charge >= 0.3 is 0 Å². The van der Waals surface area contributed by atoms with Gasteiger partial charge in [0.25, 0.3) is 0 Å². The highest BCUT2D eigenvalue weighted by Crippen LogP contribution is 2.13. The fourth-order valence-corrected chi connectivity index (χ4v) is 1.22. The molecule has 0 aromatic heterocycles. The molecule has 1 amide bonds. The van der Waals surface area contributed by atoms with Gasteiger partial charge in [0.15, 0.2) is 0 Å². The lowest BCUT2D eigenvalue weighted by molar-refractivity contribution is -0.122. The molecule has 4 N–H and O–H groups in total. The summed E-state index contributed by atoms with van der Waals surface area (Å²) in [5.41, 5.74) is 11.8. The van der Waals surface area contributed by atoms with Crippen LogP contribution < -0.4 is 16.2 Å². The van der Waals surface area contributed by atoms with Gasteiger partial charge in [0, 0.05) is 0 Å². The first-order valence-electron chi connectivity index (χ1n) is 5.34. The van der Waals surface area contributed by atoms with Crippen LogP contribution in [-0.4, -0.2) is 19.1 Å². The molecule has 1 atom stereocenters. The maximum Gasteiger partial charge on any atom is 0.223 e. The normalized spacial score (nSPS) is 12.1. The van der Waals surface area contributed by atoms with Crippen molar-refractivity contribution in [2.75, 3.05) is 13.2 Å². The summed E-state index contributed by atoms with van der Waals surface area (Å²) in [6.45, 7) is 2.69. The van der Waals surface area contributed by atoms with E-state index in [-0.39, 0.29) is 11.8 Å². The molecule has 1 unspecified atom stereocenters. The average molecular weight is 222 g/mol. The quantitative estimate of drug-likeness (QED) is 0.743. The van der Waals surface area contributed by atoms with Crippen molar-refractivity contribution in [2.45, 2.75) is 13.3 Å².